The maximum absolute atomic E-state index is 12.7. The largest absolute Gasteiger partial charge is 0.496 e. The normalized spacial score (nSPS) is 14.6. The first kappa shape index (κ1) is 19.8. The van der Waals surface area contributed by atoms with Gasteiger partial charge in [0.2, 0.25) is 0 Å². The highest BCUT2D eigenvalue weighted by molar-refractivity contribution is 5.96. The van der Waals surface area contributed by atoms with Crippen molar-refractivity contribution in [2.24, 2.45) is 0 Å². The molecule has 2 aromatic rings. The molecule has 1 aliphatic rings. The van der Waals surface area contributed by atoms with Crippen molar-refractivity contribution in [3.63, 3.8) is 0 Å². The average Bonchev–Trinajstić information content (AvgIpc) is 2.74. The highest BCUT2D eigenvalue weighted by Gasteiger charge is 2.22. The lowest BCUT2D eigenvalue weighted by Gasteiger charge is -2.32. The number of aromatic nitrogens is 1. The zero-order chi connectivity index (χ0) is 19.9. The Balaban J connectivity index is 1.58. The number of ether oxygens (including phenoxy) is 1. The minimum Gasteiger partial charge on any atom is -0.496 e. The van der Waals surface area contributed by atoms with Crippen LogP contribution < -0.4 is 10.1 Å². The molecule has 3 rings (SSSR count). The standard InChI is InChI=1S/C21H26N4O3/c1-24-12-14-25(15-13-24)21(27)18-8-5-7-17(23-18)20(26)22-11-10-16-6-3-4-9-19(16)28-2/h3-9H,10-15H2,1-2H3,(H,22,26). The molecule has 1 aliphatic heterocycles. The fraction of sp³-hybridized carbons (Fsp3) is 0.381. The second-order valence-corrected chi connectivity index (χ2v) is 6.82. The topological polar surface area (TPSA) is 74.8 Å². The summed E-state index contributed by atoms with van der Waals surface area (Å²) >= 11 is 0. The molecule has 0 atom stereocenters. The lowest BCUT2D eigenvalue weighted by molar-refractivity contribution is 0.0658. The summed E-state index contributed by atoms with van der Waals surface area (Å²) in [5.74, 6) is 0.384. The van der Waals surface area contributed by atoms with Gasteiger partial charge >= 0.3 is 0 Å². The van der Waals surface area contributed by atoms with Crippen LogP contribution in [0.3, 0.4) is 0 Å². The Bertz CT molecular complexity index is 832. The lowest BCUT2D eigenvalue weighted by Crippen LogP contribution is -2.47. The van der Waals surface area contributed by atoms with E-state index in [9.17, 15) is 9.59 Å². The molecular weight excluding hydrogens is 356 g/mol. The van der Waals surface area contributed by atoms with Crippen molar-refractivity contribution < 1.29 is 14.3 Å². The van der Waals surface area contributed by atoms with Gasteiger partial charge in [-0.2, -0.15) is 0 Å². The summed E-state index contributed by atoms with van der Waals surface area (Å²) < 4.78 is 5.32. The number of amides is 2. The molecular formula is C21H26N4O3. The predicted octanol–water partition coefficient (Wildman–Crippen LogP) is 1.45. The quantitative estimate of drug-likeness (QED) is 0.819. The zero-order valence-corrected chi connectivity index (χ0v) is 16.4. The Labute approximate surface area is 165 Å². The third kappa shape index (κ3) is 4.86. The number of hydrogen-bond donors (Lipinski definition) is 1. The summed E-state index contributed by atoms with van der Waals surface area (Å²) in [7, 11) is 3.67. The van der Waals surface area contributed by atoms with Crippen molar-refractivity contribution in [3.05, 3.63) is 59.4 Å². The van der Waals surface area contributed by atoms with Gasteiger partial charge in [0, 0.05) is 32.7 Å². The van der Waals surface area contributed by atoms with Gasteiger partial charge in [0.25, 0.3) is 11.8 Å². The van der Waals surface area contributed by atoms with E-state index in [2.05, 4.69) is 15.2 Å². The molecule has 7 heteroatoms. The Morgan fingerprint density at radius 1 is 1.04 bits per heavy atom. The van der Waals surface area contributed by atoms with E-state index >= 15 is 0 Å². The van der Waals surface area contributed by atoms with Gasteiger partial charge in [-0.05, 0) is 37.2 Å². The van der Waals surface area contributed by atoms with Crippen LogP contribution in [0.5, 0.6) is 5.75 Å². The maximum atomic E-state index is 12.7. The molecule has 2 heterocycles. The number of nitrogens with one attached hydrogen (secondary N) is 1. The highest BCUT2D eigenvalue weighted by Crippen LogP contribution is 2.17. The average molecular weight is 382 g/mol. The maximum Gasteiger partial charge on any atom is 0.272 e. The van der Waals surface area contributed by atoms with Crippen LogP contribution in [0.1, 0.15) is 26.5 Å². The molecule has 0 unspecified atom stereocenters. The molecule has 28 heavy (non-hydrogen) atoms. The zero-order valence-electron chi connectivity index (χ0n) is 16.4. The van der Waals surface area contributed by atoms with Crippen LogP contribution in [0, 0.1) is 0 Å². The first-order valence-electron chi connectivity index (χ1n) is 9.43. The number of piperazine rings is 1. The molecule has 0 saturated carbocycles. The summed E-state index contributed by atoms with van der Waals surface area (Å²) in [5.41, 5.74) is 1.58. The number of pyridine rings is 1. The first-order chi connectivity index (χ1) is 13.6. The molecule has 0 radical (unpaired) electrons. The first-order valence-corrected chi connectivity index (χ1v) is 9.43. The van der Waals surface area contributed by atoms with Crippen LogP contribution in [0.25, 0.3) is 0 Å². The van der Waals surface area contributed by atoms with Crippen LogP contribution in [-0.2, 0) is 6.42 Å². The third-order valence-corrected chi connectivity index (χ3v) is 4.86. The van der Waals surface area contributed by atoms with Gasteiger partial charge < -0.3 is 19.9 Å². The van der Waals surface area contributed by atoms with Crippen LogP contribution in [0.2, 0.25) is 0 Å². The van der Waals surface area contributed by atoms with E-state index in [4.69, 9.17) is 4.74 Å². The van der Waals surface area contributed by atoms with Gasteiger partial charge in [-0.3, -0.25) is 9.59 Å². The number of methoxy groups -OCH3 is 1. The van der Waals surface area contributed by atoms with Crippen LogP contribution >= 0.6 is 0 Å². The van der Waals surface area contributed by atoms with Crippen LogP contribution in [0.15, 0.2) is 42.5 Å². The Morgan fingerprint density at radius 3 is 2.50 bits per heavy atom. The van der Waals surface area contributed by atoms with Crippen LogP contribution in [-0.4, -0.2) is 73.5 Å². The van der Waals surface area contributed by atoms with Crippen molar-refractivity contribution in [3.8, 4) is 5.75 Å². The van der Waals surface area contributed by atoms with E-state index in [0.29, 0.717) is 31.7 Å². The summed E-state index contributed by atoms with van der Waals surface area (Å²) in [5, 5.41) is 2.86. The predicted molar refractivity (Wildman–Crippen MR) is 107 cm³/mol. The molecule has 1 aromatic carbocycles. The number of carbonyl (C=O) groups excluding carboxylic acids is 2. The van der Waals surface area contributed by atoms with E-state index in [1.54, 1.807) is 30.2 Å². The van der Waals surface area contributed by atoms with Gasteiger partial charge in [0.1, 0.15) is 17.1 Å². The molecule has 1 saturated heterocycles. The van der Waals surface area contributed by atoms with Gasteiger partial charge in [0.15, 0.2) is 0 Å². The second kappa shape index (κ2) is 9.32. The third-order valence-electron chi connectivity index (χ3n) is 4.86. The van der Waals surface area contributed by atoms with E-state index in [1.165, 1.54) is 0 Å². The lowest BCUT2D eigenvalue weighted by atomic mass is 10.1. The summed E-state index contributed by atoms with van der Waals surface area (Å²) in [6.07, 6.45) is 0.648. The van der Waals surface area contributed by atoms with Crippen molar-refractivity contribution in [2.75, 3.05) is 46.9 Å². The van der Waals surface area contributed by atoms with Crippen molar-refractivity contribution in [1.29, 1.82) is 0 Å². The SMILES string of the molecule is COc1ccccc1CCNC(=O)c1cccc(C(=O)N2CCN(C)CC2)n1. The van der Waals surface area contributed by atoms with E-state index < -0.39 is 0 Å². The number of hydrogen-bond acceptors (Lipinski definition) is 5. The molecule has 2 amide bonds. The summed E-state index contributed by atoms with van der Waals surface area (Å²) in [4.78, 5) is 33.3. The number of likely N-dealkylation sites (N-methyl/N-ethyl adjacent to an activating group) is 1. The number of carbonyl (C=O) groups is 2. The molecule has 1 fully saturated rings. The number of para-hydroxylation sites is 1. The molecule has 0 spiro atoms. The Kier molecular flexibility index (Phi) is 6.60. The fourth-order valence-electron chi connectivity index (χ4n) is 3.16. The molecule has 1 aromatic heterocycles. The number of rotatable bonds is 6. The molecule has 0 bridgehead atoms. The molecule has 148 valence electrons. The molecule has 7 nitrogen and oxygen atoms in total. The Morgan fingerprint density at radius 2 is 1.75 bits per heavy atom. The van der Waals surface area contributed by atoms with Gasteiger partial charge in [-0.1, -0.05) is 24.3 Å². The fourth-order valence-corrected chi connectivity index (χ4v) is 3.16. The summed E-state index contributed by atoms with van der Waals surface area (Å²) in [6, 6.07) is 12.7. The van der Waals surface area contributed by atoms with Crippen LogP contribution in [0.4, 0.5) is 0 Å². The van der Waals surface area contributed by atoms with Crippen molar-refractivity contribution in [1.82, 2.24) is 20.1 Å². The minimum absolute atomic E-state index is 0.128. The van der Waals surface area contributed by atoms with Gasteiger partial charge in [0.05, 0.1) is 7.11 Å². The van der Waals surface area contributed by atoms with Crippen molar-refractivity contribution in [2.45, 2.75) is 6.42 Å². The van der Waals surface area contributed by atoms with Gasteiger partial charge in [-0.25, -0.2) is 4.98 Å². The van der Waals surface area contributed by atoms with Gasteiger partial charge in [-0.15, -0.1) is 0 Å². The number of benzene rings is 1. The van der Waals surface area contributed by atoms with Crippen molar-refractivity contribution >= 4 is 11.8 Å². The minimum atomic E-state index is -0.289. The van der Waals surface area contributed by atoms with E-state index in [1.807, 2.05) is 31.3 Å². The second-order valence-electron chi connectivity index (χ2n) is 6.82. The highest BCUT2D eigenvalue weighted by atomic mass is 16.5. The number of nitrogens with zero attached hydrogens (tertiary/aromatic N) is 3. The molecule has 0 aliphatic carbocycles. The summed E-state index contributed by atoms with van der Waals surface area (Å²) in [6.45, 7) is 3.49. The smallest absolute Gasteiger partial charge is 0.272 e. The monoisotopic (exact) mass is 382 g/mol. The van der Waals surface area contributed by atoms with E-state index in [-0.39, 0.29) is 17.5 Å². The Hall–Kier alpha value is -2.93. The molecule has 1 N–H and O–H groups in total. The van der Waals surface area contributed by atoms with E-state index in [0.717, 1.165) is 24.4 Å².